The first kappa shape index (κ1) is 9.21. The molecule has 1 aliphatic rings. The molecule has 0 spiro atoms. The monoisotopic (exact) mass is 196 g/mol. The maximum absolute atomic E-state index is 10.6. The van der Waals surface area contributed by atoms with Crippen LogP contribution in [-0.4, -0.2) is 34.3 Å². The van der Waals surface area contributed by atoms with Gasteiger partial charge in [0.25, 0.3) is 0 Å². The van der Waals surface area contributed by atoms with E-state index >= 15 is 0 Å². The number of nitrogens with zero attached hydrogens (tertiary/aromatic N) is 1. The maximum atomic E-state index is 10.6. The van der Waals surface area contributed by atoms with E-state index in [9.17, 15) is 4.79 Å². The summed E-state index contributed by atoms with van der Waals surface area (Å²) >= 11 is 0. The first-order valence-electron chi connectivity index (χ1n) is 4.63. The molecule has 0 bridgehead atoms. The molecule has 0 aromatic carbocycles. The average molecular weight is 196 g/mol. The summed E-state index contributed by atoms with van der Waals surface area (Å²) in [5, 5.41) is 8.69. The van der Waals surface area contributed by atoms with Crippen LogP contribution < -0.4 is 0 Å². The number of hydrogen-bond donors (Lipinski definition) is 2. The summed E-state index contributed by atoms with van der Waals surface area (Å²) in [7, 11) is 0. The van der Waals surface area contributed by atoms with Crippen LogP contribution in [0, 0.1) is 0 Å². The summed E-state index contributed by atoms with van der Waals surface area (Å²) in [5.41, 5.74) is 0.144. The van der Waals surface area contributed by atoms with Crippen molar-refractivity contribution in [2.75, 3.05) is 13.2 Å². The summed E-state index contributed by atoms with van der Waals surface area (Å²) in [6, 6.07) is 0. The van der Waals surface area contributed by atoms with Crippen molar-refractivity contribution in [3.63, 3.8) is 0 Å². The predicted molar refractivity (Wildman–Crippen MR) is 48.3 cm³/mol. The molecular weight excluding hydrogens is 184 g/mol. The summed E-state index contributed by atoms with van der Waals surface area (Å²) < 4.78 is 5.30. The van der Waals surface area contributed by atoms with Crippen LogP contribution in [-0.2, 0) is 4.74 Å². The molecule has 76 valence electrons. The van der Waals surface area contributed by atoms with Crippen molar-refractivity contribution in [1.29, 1.82) is 0 Å². The van der Waals surface area contributed by atoms with Crippen LogP contribution in [0.2, 0.25) is 0 Å². The fraction of sp³-hybridized carbons (Fsp3) is 0.556. The molecule has 0 radical (unpaired) electrons. The van der Waals surface area contributed by atoms with Crippen molar-refractivity contribution in [1.82, 2.24) is 9.97 Å². The standard InChI is InChI=1S/C9H12N2O3/c12-9(13)7-4-10-8(11-7)6-2-1-3-14-5-6/h4,6H,1-3,5H2,(H,10,11)(H,12,13). The van der Waals surface area contributed by atoms with E-state index in [-0.39, 0.29) is 11.6 Å². The molecular formula is C9H12N2O3. The van der Waals surface area contributed by atoms with Crippen molar-refractivity contribution in [2.24, 2.45) is 0 Å². The van der Waals surface area contributed by atoms with E-state index in [1.54, 1.807) is 0 Å². The molecule has 0 saturated carbocycles. The van der Waals surface area contributed by atoms with Crippen LogP contribution in [0.25, 0.3) is 0 Å². The Hall–Kier alpha value is -1.36. The number of aromatic carboxylic acids is 1. The van der Waals surface area contributed by atoms with Gasteiger partial charge in [0, 0.05) is 12.5 Å². The predicted octanol–water partition coefficient (Wildman–Crippen LogP) is 1.00. The summed E-state index contributed by atoms with van der Waals surface area (Å²) in [6.07, 6.45) is 3.37. The van der Waals surface area contributed by atoms with Gasteiger partial charge < -0.3 is 14.8 Å². The highest BCUT2D eigenvalue weighted by atomic mass is 16.5. The molecule has 1 atom stereocenters. The summed E-state index contributed by atoms with van der Waals surface area (Å²) in [5.74, 6) is -0.0283. The lowest BCUT2D eigenvalue weighted by Crippen LogP contribution is -2.16. The van der Waals surface area contributed by atoms with Gasteiger partial charge in [0.05, 0.1) is 12.8 Å². The summed E-state index contributed by atoms with van der Waals surface area (Å²) in [4.78, 5) is 17.4. The Bertz CT molecular complexity index is 329. The number of rotatable bonds is 2. The Morgan fingerprint density at radius 3 is 3.14 bits per heavy atom. The Morgan fingerprint density at radius 1 is 1.71 bits per heavy atom. The highest BCUT2D eigenvalue weighted by Crippen LogP contribution is 2.22. The lowest BCUT2D eigenvalue weighted by Gasteiger charge is -2.19. The number of aromatic amines is 1. The van der Waals surface area contributed by atoms with E-state index < -0.39 is 5.97 Å². The molecule has 0 aliphatic carbocycles. The van der Waals surface area contributed by atoms with E-state index in [0.29, 0.717) is 6.61 Å². The Kier molecular flexibility index (Phi) is 2.49. The topological polar surface area (TPSA) is 75.2 Å². The van der Waals surface area contributed by atoms with Crippen molar-refractivity contribution < 1.29 is 14.6 Å². The molecule has 1 aliphatic heterocycles. The van der Waals surface area contributed by atoms with Gasteiger partial charge in [0.15, 0.2) is 0 Å². The average Bonchev–Trinajstić information content (AvgIpc) is 2.68. The maximum Gasteiger partial charge on any atom is 0.353 e. The minimum Gasteiger partial charge on any atom is -0.477 e. The molecule has 1 unspecified atom stereocenters. The highest BCUT2D eigenvalue weighted by Gasteiger charge is 2.19. The highest BCUT2D eigenvalue weighted by molar-refractivity contribution is 5.85. The van der Waals surface area contributed by atoms with Crippen molar-refractivity contribution in [3.8, 4) is 0 Å². The first-order valence-corrected chi connectivity index (χ1v) is 4.63. The van der Waals surface area contributed by atoms with Gasteiger partial charge in [-0.1, -0.05) is 0 Å². The zero-order valence-corrected chi connectivity index (χ0v) is 7.69. The van der Waals surface area contributed by atoms with Gasteiger partial charge in [0.1, 0.15) is 11.5 Å². The molecule has 14 heavy (non-hydrogen) atoms. The molecule has 2 heterocycles. The van der Waals surface area contributed by atoms with Crippen LogP contribution in [0.4, 0.5) is 0 Å². The lowest BCUT2D eigenvalue weighted by molar-refractivity contribution is 0.0687. The molecule has 1 aromatic rings. The normalized spacial score (nSPS) is 22.1. The number of carboxylic acids is 1. The molecule has 2 N–H and O–H groups in total. The number of aromatic nitrogens is 2. The van der Waals surface area contributed by atoms with Gasteiger partial charge >= 0.3 is 5.97 Å². The third-order valence-electron chi connectivity index (χ3n) is 2.37. The molecule has 0 amide bonds. The number of ether oxygens (including phenoxy) is 1. The second kappa shape index (κ2) is 3.79. The molecule has 1 fully saturated rings. The number of carboxylic acid groups (broad SMARTS) is 1. The second-order valence-electron chi connectivity index (χ2n) is 3.40. The van der Waals surface area contributed by atoms with Crippen LogP contribution >= 0.6 is 0 Å². The Labute approximate surface area is 81.1 Å². The molecule has 5 heteroatoms. The van der Waals surface area contributed by atoms with E-state index in [0.717, 1.165) is 25.3 Å². The Balaban J connectivity index is 2.11. The van der Waals surface area contributed by atoms with Gasteiger partial charge in [-0.05, 0) is 12.8 Å². The smallest absolute Gasteiger partial charge is 0.353 e. The SMILES string of the molecule is O=C(O)c1cnc(C2CCCOC2)[nH]1. The van der Waals surface area contributed by atoms with E-state index in [2.05, 4.69) is 9.97 Å². The van der Waals surface area contributed by atoms with Crippen LogP contribution in [0.5, 0.6) is 0 Å². The largest absolute Gasteiger partial charge is 0.477 e. The molecule has 2 rings (SSSR count). The third-order valence-corrected chi connectivity index (χ3v) is 2.37. The van der Waals surface area contributed by atoms with Crippen molar-refractivity contribution >= 4 is 5.97 Å². The van der Waals surface area contributed by atoms with Gasteiger partial charge in [-0.15, -0.1) is 0 Å². The van der Waals surface area contributed by atoms with E-state index in [4.69, 9.17) is 9.84 Å². The first-order chi connectivity index (χ1) is 6.77. The number of carbonyl (C=O) groups is 1. The number of imidazole rings is 1. The number of nitrogens with one attached hydrogen (secondary N) is 1. The van der Waals surface area contributed by atoms with Gasteiger partial charge in [-0.25, -0.2) is 9.78 Å². The van der Waals surface area contributed by atoms with Crippen LogP contribution in [0.3, 0.4) is 0 Å². The van der Waals surface area contributed by atoms with E-state index in [1.807, 2.05) is 0 Å². The zero-order valence-electron chi connectivity index (χ0n) is 7.69. The van der Waals surface area contributed by atoms with Gasteiger partial charge in [0.2, 0.25) is 0 Å². The molecule has 5 nitrogen and oxygen atoms in total. The fourth-order valence-electron chi connectivity index (χ4n) is 1.61. The van der Waals surface area contributed by atoms with E-state index in [1.165, 1.54) is 6.20 Å². The lowest BCUT2D eigenvalue weighted by atomic mass is 10.0. The van der Waals surface area contributed by atoms with Crippen molar-refractivity contribution in [2.45, 2.75) is 18.8 Å². The number of hydrogen-bond acceptors (Lipinski definition) is 3. The third kappa shape index (κ3) is 1.77. The van der Waals surface area contributed by atoms with Gasteiger partial charge in [-0.3, -0.25) is 0 Å². The molecule has 1 saturated heterocycles. The Morgan fingerprint density at radius 2 is 2.57 bits per heavy atom. The van der Waals surface area contributed by atoms with Crippen LogP contribution in [0.1, 0.15) is 35.1 Å². The quantitative estimate of drug-likeness (QED) is 0.740. The van der Waals surface area contributed by atoms with Gasteiger partial charge in [-0.2, -0.15) is 0 Å². The molecule has 1 aromatic heterocycles. The zero-order chi connectivity index (χ0) is 9.97. The minimum absolute atomic E-state index is 0.144. The summed E-state index contributed by atoms with van der Waals surface area (Å²) in [6.45, 7) is 1.43. The number of H-pyrrole nitrogens is 1. The second-order valence-corrected chi connectivity index (χ2v) is 3.40. The minimum atomic E-state index is -0.972. The van der Waals surface area contributed by atoms with Crippen molar-refractivity contribution in [3.05, 3.63) is 17.7 Å². The van der Waals surface area contributed by atoms with Crippen LogP contribution in [0.15, 0.2) is 6.20 Å². The fourth-order valence-corrected chi connectivity index (χ4v) is 1.61.